The molecule has 1 N–H and O–H groups in total. The Balaban J connectivity index is 1.39. The molecule has 8 nitrogen and oxygen atoms in total. The van der Waals surface area contributed by atoms with Crippen molar-refractivity contribution < 1.29 is 4.74 Å². The first-order valence-corrected chi connectivity index (χ1v) is 9.89. The van der Waals surface area contributed by atoms with Gasteiger partial charge in [-0.2, -0.15) is 0 Å². The van der Waals surface area contributed by atoms with Gasteiger partial charge in [0.2, 0.25) is 0 Å². The quantitative estimate of drug-likeness (QED) is 0.743. The smallest absolute Gasteiger partial charge is 0.274 e. The SMILES string of the molecule is CC(c1cn2c(C3CCOCC3)ncc2c(=O)[nH]1)N1CC(c2ncccn2)C1. The van der Waals surface area contributed by atoms with E-state index in [1.807, 2.05) is 16.7 Å². The van der Waals surface area contributed by atoms with E-state index in [4.69, 9.17) is 4.74 Å². The molecule has 1 atom stereocenters. The van der Waals surface area contributed by atoms with E-state index < -0.39 is 0 Å². The number of nitrogens with zero attached hydrogens (tertiary/aromatic N) is 5. The number of aromatic nitrogens is 5. The molecule has 2 saturated heterocycles. The van der Waals surface area contributed by atoms with Gasteiger partial charge in [0, 0.05) is 62.8 Å². The first kappa shape index (κ1) is 17.5. The zero-order valence-electron chi connectivity index (χ0n) is 15.9. The molecule has 0 aliphatic carbocycles. The molecule has 146 valence electrons. The van der Waals surface area contributed by atoms with Gasteiger partial charge in [-0.05, 0) is 25.8 Å². The fourth-order valence-corrected chi connectivity index (χ4v) is 4.23. The Hall–Kier alpha value is -2.58. The Labute approximate surface area is 162 Å². The predicted molar refractivity (Wildman–Crippen MR) is 103 cm³/mol. The van der Waals surface area contributed by atoms with Crippen LogP contribution >= 0.6 is 0 Å². The summed E-state index contributed by atoms with van der Waals surface area (Å²) < 4.78 is 7.46. The van der Waals surface area contributed by atoms with E-state index in [0.717, 1.165) is 56.5 Å². The third-order valence-electron chi connectivity index (χ3n) is 6.03. The number of imidazole rings is 1. The lowest BCUT2D eigenvalue weighted by molar-refractivity contribution is 0.0833. The van der Waals surface area contributed by atoms with E-state index in [0.29, 0.717) is 17.4 Å². The van der Waals surface area contributed by atoms with Crippen molar-refractivity contribution in [2.75, 3.05) is 26.3 Å². The maximum atomic E-state index is 12.6. The molecule has 5 rings (SSSR count). The van der Waals surface area contributed by atoms with E-state index in [2.05, 4.69) is 31.8 Å². The zero-order chi connectivity index (χ0) is 19.1. The van der Waals surface area contributed by atoms with Crippen LogP contribution in [0.3, 0.4) is 0 Å². The van der Waals surface area contributed by atoms with Crippen LogP contribution in [0, 0.1) is 0 Å². The summed E-state index contributed by atoms with van der Waals surface area (Å²) in [7, 11) is 0. The Bertz CT molecular complexity index is 1020. The molecule has 1 unspecified atom stereocenters. The summed E-state index contributed by atoms with van der Waals surface area (Å²) in [5.41, 5.74) is 1.44. The van der Waals surface area contributed by atoms with Gasteiger partial charge in [-0.25, -0.2) is 15.0 Å². The molecule has 0 saturated carbocycles. The Morgan fingerprint density at radius 3 is 2.64 bits per heavy atom. The van der Waals surface area contributed by atoms with Crippen molar-refractivity contribution in [3.8, 4) is 0 Å². The highest BCUT2D eigenvalue weighted by atomic mass is 16.5. The Morgan fingerprint density at radius 1 is 1.14 bits per heavy atom. The van der Waals surface area contributed by atoms with Crippen LogP contribution in [0.4, 0.5) is 0 Å². The van der Waals surface area contributed by atoms with E-state index in [9.17, 15) is 4.79 Å². The van der Waals surface area contributed by atoms with Crippen molar-refractivity contribution >= 4 is 5.52 Å². The van der Waals surface area contributed by atoms with E-state index >= 15 is 0 Å². The first-order chi connectivity index (χ1) is 13.7. The molecule has 5 heterocycles. The Morgan fingerprint density at radius 2 is 1.89 bits per heavy atom. The van der Waals surface area contributed by atoms with Crippen LogP contribution in [0.15, 0.2) is 35.6 Å². The van der Waals surface area contributed by atoms with Crippen molar-refractivity contribution in [1.29, 1.82) is 0 Å². The number of hydrogen-bond acceptors (Lipinski definition) is 6. The van der Waals surface area contributed by atoms with Crippen molar-refractivity contribution in [2.24, 2.45) is 0 Å². The highest BCUT2D eigenvalue weighted by molar-refractivity contribution is 5.44. The summed E-state index contributed by atoms with van der Waals surface area (Å²) in [5, 5.41) is 0. The summed E-state index contributed by atoms with van der Waals surface area (Å²) in [6.07, 6.45) is 9.20. The summed E-state index contributed by atoms with van der Waals surface area (Å²) in [6, 6.07) is 1.95. The summed E-state index contributed by atoms with van der Waals surface area (Å²) >= 11 is 0. The van der Waals surface area contributed by atoms with Gasteiger partial charge in [-0.3, -0.25) is 14.1 Å². The normalized spacial score (nSPS) is 20.3. The molecule has 28 heavy (non-hydrogen) atoms. The molecule has 0 bridgehead atoms. The van der Waals surface area contributed by atoms with Crippen LogP contribution in [-0.2, 0) is 4.74 Å². The highest BCUT2D eigenvalue weighted by Crippen LogP contribution is 2.32. The van der Waals surface area contributed by atoms with Crippen molar-refractivity contribution in [1.82, 2.24) is 29.2 Å². The maximum absolute atomic E-state index is 12.6. The minimum atomic E-state index is -0.0846. The molecular formula is C20H24N6O2. The van der Waals surface area contributed by atoms with Gasteiger partial charge >= 0.3 is 0 Å². The number of ether oxygens (including phenoxy) is 1. The molecule has 2 fully saturated rings. The van der Waals surface area contributed by atoms with Gasteiger partial charge in [0.05, 0.1) is 11.9 Å². The first-order valence-electron chi connectivity index (χ1n) is 9.89. The van der Waals surface area contributed by atoms with Crippen LogP contribution in [0.2, 0.25) is 0 Å². The van der Waals surface area contributed by atoms with E-state index in [1.54, 1.807) is 18.6 Å². The summed E-state index contributed by atoms with van der Waals surface area (Å²) in [5.74, 6) is 2.55. The van der Waals surface area contributed by atoms with Crippen molar-refractivity contribution in [2.45, 2.75) is 37.6 Å². The van der Waals surface area contributed by atoms with Gasteiger partial charge in [-0.15, -0.1) is 0 Å². The minimum absolute atomic E-state index is 0.0846. The molecule has 2 aliphatic heterocycles. The van der Waals surface area contributed by atoms with Crippen LogP contribution < -0.4 is 5.56 Å². The number of likely N-dealkylation sites (tertiary alicyclic amines) is 1. The van der Waals surface area contributed by atoms with E-state index in [1.165, 1.54) is 0 Å². The fraction of sp³-hybridized carbons (Fsp3) is 0.500. The lowest BCUT2D eigenvalue weighted by Gasteiger charge is -2.42. The standard InChI is InChI=1S/C20H24N6O2/c1-13(25-10-15(11-25)18-21-5-2-6-22-18)16-12-26-17(20(27)24-16)9-23-19(26)14-3-7-28-8-4-14/h2,5-6,9,12-15H,3-4,7-8,10-11H2,1H3,(H,24,27). The number of H-pyrrole nitrogens is 1. The zero-order valence-corrected chi connectivity index (χ0v) is 15.9. The summed E-state index contributed by atoms with van der Waals surface area (Å²) in [4.78, 5) is 31.3. The van der Waals surface area contributed by atoms with E-state index in [-0.39, 0.29) is 11.6 Å². The third-order valence-corrected chi connectivity index (χ3v) is 6.03. The molecular weight excluding hydrogens is 356 g/mol. The van der Waals surface area contributed by atoms with Crippen LogP contribution in [0.25, 0.3) is 5.52 Å². The maximum Gasteiger partial charge on any atom is 0.274 e. The average Bonchev–Trinajstić information content (AvgIpc) is 3.13. The van der Waals surface area contributed by atoms with Crippen LogP contribution in [0.1, 0.15) is 55.0 Å². The molecule has 0 spiro atoms. The second-order valence-electron chi connectivity index (χ2n) is 7.73. The minimum Gasteiger partial charge on any atom is -0.381 e. The third kappa shape index (κ3) is 3.02. The van der Waals surface area contributed by atoms with Gasteiger partial charge in [-0.1, -0.05) is 0 Å². The van der Waals surface area contributed by atoms with Gasteiger partial charge in [0.15, 0.2) is 0 Å². The fourth-order valence-electron chi connectivity index (χ4n) is 4.23. The van der Waals surface area contributed by atoms with Crippen LogP contribution in [-0.4, -0.2) is 55.5 Å². The topological polar surface area (TPSA) is 88.4 Å². The van der Waals surface area contributed by atoms with Gasteiger partial charge in [0.25, 0.3) is 5.56 Å². The number of nitrogens with one attached hydrogen (secondary N) is 1. The molecule has 3 aromatic heterocycles. The lowest BCUT2D eigenvalue weighted by atomic mass is 9.96. The number of fused-ring (bicyclic) bond motifs is 1. The largest absolute Gasteiger partial charge is 0.381 e. The number of aromatic amines is 1. The second-order valence-corrected chi connectivity index (χ2v) is 7.73. The molecule has 8 heteroatoms. The number of rotatable bonds is 4. The molecule has 0 aromatic carbocycles. The average molecular weight is 380 g/mol. The molecule has 0 amide bonds. The van der Waals surface area contributed by atoms with Crippen molar-refractivity contribution in [3.63, 3.8) is 0 Å². The highest BCUT2D eigenvalue weighted by Gasteiger charge is 2.34. The van der Waals surface area contributed by atoms with Gasteiger partial charge in [0.1, 0.15) is 17.2 Å². The van der Waals surface area contributed by atoms with Gasteiger partial charge < -0.3 is 9.72 Å². The second kappa shape index (κ2) is 7.10. The molecule has 3 aromatic rings. The van der Waals surface area contributed by atoms with Crippen LogP contribution in [0.5, 0.6) is 0 Å². The molecule has 0 radical (unpaired) electrons. The lowest BCUT2D eigenvalue weighted by Crippen LogP contribution is -2.47. The number of hydrogen-bond donors (Lipinski definition) is 1. The van der Waals surface area contributed by atoms with Crippen molar-refractivity contribution in [3.05, 3.63) is 58.6 Å². The Kier molecular flexibility index (Phi) is 4.44. The molecule has 2 aliphatic rings. The monoisotopic (exact) mass is 380 g/mol. The summed E-state index contributed by atoms with van der Waals surface area (Å²) in [6.45, 7) is 5.42. The predicted octanol–water partition coefficient (Wildman–Crippen LogP) is 1.87.